The summed E-state index contributed by atoms with van der Waals surface area (Å²) in [5.74, 6) is 1.06. The molecule has 0 bridgehead atoms. The maximum absolute atomic E-state index is 4.44. The minimum atomic E-state index is 0.0396. The van der Waals surface area contributed by atoms with Crippen molar-refractivity contribution >= 4 is 11.5 Å². The summed E-state index contributed by atoms with van der Waals surface area (Å²) in [4.78, 5) is 4.44. The van der Waals surface area contributed by atoms with Crippen LogP contribution in [-0.2, 0) is 0 Å². The summed E-state index contributed by atoms with van der Waals surface area (Å²) in [6.07, 6.45) is 5.13. The van der Waals surface area contributed by atoms with Crippen LogP contribution in [0.3, 0.4) is 0 Å². The van der Waals surface area contributed by atoms with Gasteiger partial charge in [-0.25, -0.2) is 4.98 Å². The van der Waals surface area contributed by atoms with Crippen molar-refractivity contribution in [3.63, 3.8) is 0 Å². The standard InChI is InChI=1S/C16H25N3/c1-12-7-8-13-17-9-14(19(13)10-12)18-16(5,6)11-15(2,3)4/h7-10,18H,11H2,1-6H3. The zero-order valence-electron chi connectivity index (χ0n) is 12.9. The molecule has 104 valence electrons. The number of nitrogens with one attached hydrogen (secondary N) is 1. The van der Waals surface area contributed by atoms with Gasteiger partial charge >= 0.3 is 0 Å². The van der Waals surface area contributed by atoms with E-state index in [9.17, 15) is 0 Å². The molecule has 0 saturated carbocycles. The van der Waals surface area contributed by atoms with Crippen LogP contribution < -0.4 is 5.32 Å². The predicted molar refractivity (Wildman–Crippen MR) is 81.7 cm³/mol. The average Bonchev–Trinajstić information content (AvgIpc) is 2.56. The second-order valence-corrected chi connectivity index (χ2v) is 7.32. The number of hydrogen-bond acceptors (Lipinski definition) is 2. The fourth-order valence-corrected chi connectivity index (χ4v) is 2.90. The van der Waals surface area contributed by atoms with E-state index in [1.807, 2.05) is 6.20 Å². The van der Waals surface area contributed by atoms with Gasteiger partial charge in [0.1, 0.15) is 11.5 Å². The predicted octanol–water partition coefficient (Wildman–Crippen LogP) is 4.27. The summed E-state index contributed by atoms with van der Waals surface area (Å²) in [6, 6.07) is 4.14. The second-order valence-electron chi connectivity index (χ2n) is 7.32. The Hall–Kier alpha value is -1.51. The van der Waals surface area contributed by atoms with Gasteiger partial charge in [-0.05, 0) is 44.2 Å². The Morgan fingerprint density at radius 1 is 1.16 bits per heavy atom. The number of rotatable bonds is 3. The number of imidazole rings is 1. The molecule has 1 N–H and O–H groups in total. The average molecular weight is 259 g/mol. The van der Waals surface area contributed by atoms with Gasteiger partial charge in [0, 0.05) is 11.7 Å². The number of aromatic nitrogens is 2. The monoisotopic (exact) mass is 259 g/mol. The molecular weight excluding hydrogens is 234 g/mol. The third kappa shape index (κ3) is 3.49. The van der Waals surface area contributed by atoms with Gasteiger partial charge in [-0.2, -0.15) is 0 Å². The summed E-state index contributed by atoms with van der Waals surface area (Å²) in [5.41, 5.74) is 2.56. The number of fused-ring (bicyclic) bond motifs is 1. The van der Waals surface area contributed by atoms with Crippen LogP contribution in [0.15, 0.2) is 24.5 Å². The lowest BCUT2D eigenvalue weighted by Gasteiger charge is -2.33. The molecule has 3 heteroatoms. The summed E-state index contributed by atoms with van der Waals surface area (Å²) >= 11 is 0. The largest absolute Gasteiger partial charge is 0.365 e. The van der Waals surface area contributed by atoms with E-state index in [1.54, 1.807) is 0 Å². The topological polar surface area (TPSA) is 29.3 Å². The molecule has 0 spiro atoms. The summed E-state index contributed by atoms with van der Waals surface area (Å²) < 4.78 is 2.12. The van der Waals surface area contributed by atoms with Crippen LogP contribution in [0.2, 0.25) is 0 Å². The highest BCUT2D eigenvalue weighted by Gasteiger charge is 2.26. The maximum Gasteiger partial charge on any atom is 0.138 e. The van der Waals surface area contributed by atoms with Crippen molar-refractivity contribution in [1.82, 2.24) is 9.38 Å². The molecule has 0 atom stereocenters. The molecule has 0 unspecified atom stereocenters. The highest BCUT2D eigenvalue weighted by atomic mass is 15.1. The molecule has 2 aromatic rings. The van der Waals surface area contributed by atoms with Crippen molar-refractivity contribution in [3.8, 4) is 0 Å². The number of pyridine rings is 1. The van der Waals surface area contributed by atoms with E-state index >= 15 is 0 Å². The first-order valence-corrected chi connectivity index (χ1v) is 6.88. The lowest BCUT2D eigenvalue weighted by molar-refractivity contribution is 0.302. The first kappa shape index (κ1) is 13.9. The van der Waals surface area contributed by atoms with Crippen LogP contribution in [0.5, 0.6) is 0 Å². The zero-order valence-corrected chi connectivity index (χ0v) is 12.9. The minimum absolute atomic E-state index is 0.0396. The maximum atomic E-state index is 4.44. The normalized spacial score (nSPS) is 12.9. The van der Waals surface area contributed by atoms with Gasteiger partial charge in [0.25, 0.3) is 0 Å². The lowest BCUT2D eigenvalue weighted by atomic mass is 9.82. The number of anilines is 1. The van der Waals surface area contributed by atoms with E-state index in [2.05, 4.69) is 74.6 Å². The number of nitrogens with zero attached hydrogens (tertiary/aromatic N) is 2. The van der Waals surface area contributed by atoms with Gasteiger partial charge < -0.3 is 5.32 Å². The molecule has 3 nitrogen and oxygen atoms in total. The lowest BCUT2D eigenvalue weighted by Crippen LogP contribution is -2.35. The first-order chi connectivity index (χ1) is 8.66. The zero-order chi connectivity index (χ0) is 14.3. The first-order valence-electron chi connectivity index (χ1n) is 6.88. The molecule has 0 aliphatic heterocycles. The molecule has 0 saturated heterocycles. The molecule has 0 aromatic carbocycles. The van der Waals surface area contributed by atoms with E-state index in [4.69, 9.17) is 0 Å². The molecule has 2 rings (SSSR count). The molecular formula is C16H25N3. The fourth-order valence-electron chi connectivity index (χ4n) is 2.90. The van der Waals surface area contributed by atoms with Crippen LogP contribution in [0.4, 0.5) is 5.82 Å². The van der Waals surface area contributed by atoms with Crippen molar-refractivity contribution in [2.75, 3.05) is 5.32 Å². The summed E-state index contributed by atoms with van der Waals surface area (Å²) in [5, 5.41) is 3.63. The SMILES string of the molecule is Cc1ccc2ncc(NC(C)(C)CC(C)(C)C)n2c1. The number of hydrogen-bond donors (Lipinski definition) is 1. The van der Waals surface area contributed by atoms with Gasteiger partial charge in [-0.1, -0.05) is 26.8 Å². The Morgan fingerprint density at radius 2 is 1.84 bits per heavy atom. The van der Waals surface area contributed by atoms with E-state index in [1.165, 1.54) is 5.56 Å². The van der Waals surface area contributed by atoms with E-state index < -0.39 is 0 Å². The van der Waals surface area contributed by atoms with Crippen LogP contribution in [0.1, 0.15) is 46.6 Å². The second kappa shape index (κ2) is 4.55. The van der Waals surface area contributed by atoms with Crippen molar-refractivity contribution in [1.29, 1.82) is 0 Å². The smallest absolute Gasteiger partial charge is 0.138 e. The Labute approximate surface area is 116 Å². The fraction of sp³-hybridized carbons (Fsp3) is 0.562. The van der Waals surface area contributed by atoms with Crippen LogP contribution in [0, 0.1) is 12.3 Å². The van der Waals surface area contributed by atoms with Gasteiger partial charge in [-0.15, -0.1) is 0 Å². The molecule has 0 radical (unpaired) electrons. The van der Waals surface area contributed by atoms with Crippen LogP contribution in [0.25, 0.3) is 5.65 Å². The van der Waals surface area contributed by atoms with Crippen LogP contribution >= 0.6 is 0 Å². The minimum Gasteiger partial charge on any atom is -0.365 e. The Bertz CT molecular complexity index is 573. The van der Waals surface area contributed by atoms with Gasteiger partial charge in [-0.3, -0.25) is 4.40 Å². The van der Waals surface area contributed by atoms with Gasteiger partial charge in [0.15, 0.2) is 0 Å². The molecule has 0 aliphatic rings. The Kier molecular flexibility index (Phi) is 3.33. The molecule has 0 amide bonds. The van der Waals surface area contributed by atoms with Crippen molar-refractivity contribution in [2.24, 2.45) is 5.41 Å². The van der Waals surface area contributed by atoms with Crippen molar-refractivity contribution in [2.45, 2.75) is 53.5 Å². The van der Waals surface area contributed by atoms with Crippen LogP contribution in [-0.4, -0.2) is 14.9 Å². The summed E-state index contributed by atoms with van der Waals surface area (Å²) in [6.45, 7) is 13.4. The quantitative estimate of drug-likeness (QED) is 0.892. The highest BCUT2D eigenvalue weighted by molar-refractivity contribution is 5.51. The summed E-state index contributed by atoms with van der Waals surface area (Å²) in [7, 11) is 0. The Balaban J connectivity index is 2.28. The Morgan fingerprint density at radius 3 is 2.47 bits per heavy atom. The van der Waals surface area contributed by atoms with Gasteiger partial charge in [0.05, 0.1) is 6.20 Å². The van der Waals surface area contributed by atoms with Gasteiger partial charge in [0.2, 0.25) is 0 Å². The van der Waals surface area contributed by atoms with Crippen molar-refractivity contribution < 1.29 is 0 Å². The third-order valence-electron chi connectivity index (χ3n) is 3.09. The number of aryl methyl sites for hydroxylation is 1. The molecule has 0 aliphatic carbocycles. The highest BCUT2D eigenvalue weighted by Crippen LogP contribution is 2.29. The van der Waals surface area contributed by atoms with E-state index in [0.717, 1.165) is 17.9 Å². The molecule has 2 heterocycles. The molecule has 19 heavy (non-hydrogen) atoms. The van der Waals surface area contributed by atoms with E-state index in [0.29, 0.717) is 5.41 Å². The molecule has 2 aromatic heterocycles. The van der Waals surface area contributed by atoms with Crippen molar-refractivity contribution in [3.05, 3.63) is 30.1 Å². The molecule has 0 fully saturated rings. The third-order valence-corrected chi connectivity index (χ3v) is 3.09. The van der Waals surface area contributed by atoms with E-state index in [-0.39, 0.29) is 5.54 Å².